The maximum Gasteiger partial charge on any atom is 0.228 e. The van der Waals surface area contributed by atoms with Crippen LogP contribution in [0.3, 0.4) is 0 Å². The molecule has 2 aromatic rings. The van der Waals surface area contributed by atoms with E-state index in [9.17, 15) is 13.2 Å². The third kappa shape index (κ3) is 4.63. The molecule has 1 amide bonds. The minimum Gasteiger partial charge on any atom is -0.324 e. The summed E-state index contributed by atoms with van der Waals surface area (Å²) in [7, 11) is -3.46. The molecule has 0 radical (unpaired) electrons. The molecule has 1 saturated heterocycles. The Balaban J connectivity index is 1.67. The SMILES string of the molecule is O=C(Nc1ccccc1Cl)C1CCCN(S(=O)(=O)Cc2ccccc2)C1. The minimum atomic E-state index is -3.46. The summed E-state index contributed by atoms with van der Waals surface area (Å²) in [5.74, 6) is -0.629. The molecule has 3 rings (SSSR count). The molecule has 1 aliphatic rings. The molecule has 138 valence electrons. The average molecular weight is 393 g/mol. The molecule has 5 nitrogen and oxygen atoms in total. The zero-order chi connectivity index (χ0) is 18.6. The van der Waals surface area contributed by atoms with Gasteiger partial charge < -0.3 is 5.32 Å². The van der Waals surface area contributed by atoms with Gasteiger partial charge >= 0.3 is 0 Å². The largest absolute Gasteiger partial charge is 0.324 e. The Hall–Kier alpha value is -1.89. The van der Waals surface area contributed by atoms with E-state index < -0.39 is 10.0 Å². The topological polar surface area (TPSA) is 66.5 Å². The Labute approximate surface area is 159 Å². The standard InChI is InChI=1S/C19H21ClN2O3S/c20-17-10-4-5-11-18(17)21-19(23)16-9-6-12-22(13-16)26(24,25)14-15-7-2-1-3-8-15/h1-5,7-8,10-11,16H,6,9,12-14H2,(H,21,23). The van der Waals surface area contributed by atoms with Crippen molar-refractivity contribution in [1.29, 1.82) is 0 Å². The van der Waals surface area contributed by atoms with Gasteiger partial charge in [-0.25, -0.2) is 12.7 Å². The Kier molecular flexibility index (Phi) is 5.96. The van der Waals surface area contributed by atoms with Crippen LogP contribution >= 0.6 is 11.6 Å². The van der Waals surface area contributed by atoms with E-state index >= 15 is 0 Å². The molecule has 0 bridgehead atoms. The van der Waals surface area contributed by atoms with Crippen molar-refractivity contribution in [3.63, 3.8) is 0 Å². The van der Waals surface area contributed by atoms with Crippen LogP contribution in [-0.4, -0.2) is 31.7 Å². The van der Waals surface area contributed by atoms with Gasteiger partial charge in [0, 0.05) is 13.1 Å². The predicted octanol–water partition coefficient (Wildman–Crippen LogP) is 3.52. The Morgan fingerprint density at radius 1 is 1.12 bits per heavy atom. The van der Waals surface area contributed by atoms with Crippen LogP contribution in [0.15, 0.2) is 54.6 Å². The number of para-hydroxylation sites is 1. The lowest BCUT2D eigenvalue weighted by Gasteiger charge is -2.31. The van der Waals surface area contributed by atoms with Crippen LogP contribution in [0.5, 0.6) is 0 Å². The molecule has 1 N–H and O–H groups in total. The molecule has 1 aliphatic heterocycles. The number of amides is 1. The first-order valence-corrected chi connectivity index (χ1v) is 10.5. The van der Waals surface area contributed by atoms with Crippen molar-refractivity contribution >= 4 is 33.2 Å². The number of nitrogens with one attached hydrogen (secondary N) is 1. The highest BCUT2D eigenvalue weighted by Gasteiger charge is 2.32. The highest BCUT2D eigenvalue weighted by Crippen LogP contribution is 2.25. The van der Waals surface area contributed by atoms with Gasteiger partial charge in [-0.3, -0.25) is 4.79 Å². The molecular weight excluding hydrogens is 372 g/mol. The molecule has 0 saturated carbocycles. The molecule has 0 spiro atoms. The predicted molar refractivity (Wildman–Crippen MR) is 103 cm³/mol. The lowest BCUT2D eigenvalue weighted by molar-refractivity contribution is -0.120. The molecule has 2 aromatic carbocycles. The van der Waals surface area contributed by atoms with Crippen LogP contribution in [0, 0.1) is 5.92 Å². The zero-order valence-corrected chi connectivity index (χ0v) is 15.8. The summed E-state index contributed by atoms with van der Waals surface area (Å²) in [5.41, 5.74) is 1.29. The quantitative estimate of drug-likeness (QED) is 0.846. The monoisotopic (exact) mass is 392 g/mol. The molecule has 26 heavy (non-hydrogen) atoms. The van der Waals surface area contributed by atoms with Crippen molar-refractivity contribution < 1.29 is 13.2 Å². The average Bonchev–Trinajstić information content (AvgIpc) is 2.64. The second kappa shape index (κ2) is 8.20. The van der Waals surface area contributed by atoms with E-state index in [0.29, 0.717) is 30.1 Å². The van der Waals surface area contributed by atoms with Crippen LogP contribution in [0.1, 0.15) is 18.4 Å². The van der Waals surface area contributed by atoms with Crippen LogP contribution in [-0.2, 0) is 20.6 Å². The number of benzene rings is 2. The number of hydrogen-bond donors (Lipinski definition) is 1. The molecule has 1 unspecified atom stereocenters. The number of halogens is 1. The summed E-state index contributed by atoms with van der Waals surface area (Å²) in [4.78, 5) is 12.6. The fourth-order valence-electron chi connectivity index (χ4n) is 3.08. The first-order chi connectivity index (χ1) is 12.5. The van der Waals surface area contributed by atoms with Gasteiger partial charge in [-0.2, -0.15) is 0 Å². The van der Waals surface area contributed by atoms with Crippen molar-refractivity contribution in [1.82, 2.24) is 4.31 Å². The normalized spacial score (nSPS) is 18.4. The van der Waals surface area contributed by atoms with Crippen molar-refractivity contribution in [3.05, 3.63) is 65.2 Å². The first kappa shape index (κ1) is 18.9. The number of carbonyl (C=O) groups excluding carboxylic acids is 1. The van der Waals surface area contributed by atoms with Gasteiger partial charge in [0.2, 0.25) is 15.9 Å². The van der Waals surface area contributed by atoms with Gasteiger partial charge in [-0.05, 0) is 30.5 Å². The summed E-state index contributed by atoms with van der Waals surface area (Å²) in [5, 5.41) is 3.27. The Morgan fingerprint density at radius 3 is 2.54 bits per heavy atom. The van der Waals surface area contributed by atoms with E-state index in [1.54, 1.807) is 36.4 Å². The molecule has 1 atom stereocenters. The van der Waals surface area contributed by atoms with E-state index in [1.165, 1.54) is 4.31 Å². The summed E-state index contributed by atoms with van der Waals surface area (Å²) in [6.45, 7) is 0.649. The van der Waals surface area contributed by atoms with Gasteiger partial charge in [-0.1, -0.05) is 54.1 Å². The van der Waals surface area contributed by atoms with Crippen molar-refractivity contribution in [2.75, 3.05) is 18.4 Å². The Bertz CT molecular complexity index is 871. The lowest BCUT2D eigenvalue weighted by atomic mass is 9.99. The molecular formula is C19H21ClN2O3S. The fraction of sp³-hybridized carbons (Fsp3) is 0.316. The molecule has 1 heterocycles. The van der Waals surface area contributed by atoms with E-state index in [2.05, 4.69) is 5.32 Å². The van der Waals surface area contributed by atoms with Crippen LogP contribution in [0.2, 0.25) is 5.02 Å². The second-order valence-corrected chi connectivity index (χ2v) is 8.78. The maximum atomic E-state index is 12.7. The number of rotatable bonds is 5. The second-order valence-electron chi connectivity index (χ2n) is 6.41. The molecule has 0 aromatic heterocycles. The fourth-order valence-corrected chi connectivity index (χ4v) is 4.88. The third-order valence-electron chi connectivity index (χ3n) is 4.47. The number of piperidine rings is 1. The van der Waals surface area contributed by atoms with Gasteiger partial charge in [0.1, 0.15) is 0 Å². The number of hydrogen-bond acceptors (Lipinski definition) is 3. The Morgan fingerprint density at radius 2 is 1.81 bits per heavy atom. The van der Waals surface area contributed by atoms with E-state index in [1.807, 2.05) is 18.2 Å². The van der Waals surface area contributed by atoms with Gasteiger partial charge in [-0.15, -0.1) is 0 Å². The van der Waals surface area contributed by atoms with Crippen LogP contribution in [0.25, 0.3) is 0 Å². The third-order valence-corrected chi connectivity index (χ3v) is 6.62. The number of carbonyl (C=O) groups is 1. The summed E-state index contributed by atoms with van der Waals surface area (Å²) >= 11 is 6.08. The number of nitrogens with zero attached hydrogens (tertiary/aromatic N) is 1. The molecule has 7 heteroatoms. The van der Waals surface area contributed by atoms with Gasteiger partial charge in [0.25, 0.3) is 0 Å². The summed E-state index contributed by atoms with van der Waals surface area (Å²) in [6, 6.07) is 16.1. The zero-order valence-electron chi connectivity index (χ0n) is 14.3. The molecule has 1 fully saturated rings. The van der Waals surface area contributed by atoms with Crippen molar-refractivity contribution in [2.45, 2.75) is 18.6 Å². The van der Waals surface area contributed by atoms with Crippen molar-refractivity contribution in [2.24, 2.45) is 5.92 Å². The van der Waals surface area contributed by atoms with Crippen LogP contribution in [0.4, 0.5) is 5.69 Å². The minimum absolute atomic E-state index is 0.0489. The molecule has 0 aliphatic carbocycles. The highest BCUT2D eigenvalue weighted by atomic mass is 35.5. The van der Waals surface area contributed by atoms with E-state index in [-0.39, 0.29) is 24.1 Å². The lowest BCUT2D eigenvalue weighted by Crippen LogP contribution is -2.44. The maximum absolute atomic E-state index is 12.7. The first-order valence-electron chi connectivity index (χ1n) is 8.53. The van der Waals surface area contributed by atoms with E-state index in [0.717, 1.165) is 5.56 Å². The van der Waals surface area contributed by atoms with Gasteiger partial charge in [0.15, 0.2) is 0 Å². The van der Waals surface area contributed by atoms with Crippen molar-refractivity contribution in [3.8, 4) is 0 Å². The van der Waals surface area contributed by atoms with Gasteiger partial charge in [0.05, 0.1) is 22.4 Å². The summed E-state index contributed by atoms with van der Waals surface area (Å²) in [6.07, 6.45) is 1.32. The van der Waals surface area contributed by atoms with Crippen LogP contribution < -0.4 is 5.32 Å². The smallest absolute Gasteiger partial charge is 0.228 e. The van der Waals surface area contributed by atoms with E-state index in [4.69, 9.17) is 11.6 Å². The highest BCUT2D eigenvalue weighted by molar-refractivity contribution is 7.88. The summed E-state index contributed by atoms with van der Waals surface area (Å²) < 4.78 is 26.8. The number of sulfonamides is 1. The number of anilines is 1.